The molecule has 5 heteroatoms. The molecule has 1 heterocycles. The Morgan fingerprint density at radius 2 is 1.85 bits per heavy atom. The van der Waals surface area contributed by atoms with Gasteiger partial charge in [0.2, 0.25) is 0 Å². The maximum absolute atomic E-state index is 11.9. The molecule has 144 valence electrons. The first-order valence-corrected chi connectivity index (χ1v) is 10.1. The summed E-state index contributed by atoms with van der Waals surface area (Å²) in [5.41, 5.74) is 1.43. The number of carbonyl (C=O) groups excluding carboxylic acids is 1. The number of ether oxygens (including phenoxy) is 1. The second-order valence-electron chi connectivity index (χ2n) is 7.39. The molecule has 0 spiro atoms. The van der Waals surface area contributed by atoms with Crippen molar-refractivity contribution in [2.45, 2.75) is 57.8 Å². The van der Waals surface area contributed by atoms with Crippen molar-refractivity contribution in [2.75, 3.05) is 26.7 Å². The van der Waals surface area contributed by atoms with Crippen LogP contribution in [0.5, 0.6) is 5.75 Å². The van der Waals surface area contributed by atoms with Crippen LogP contribution in [0.1, 0.15) is 63.4 Å². The first-order valence-electron chi connectivity index (χ1n) is 10.1. The van der Waals surface area contributed by atoms with Gasteiger partial charge in [0.05, 0.1) is 13.0 Å². The van der Waals surface area contributed by atoms with Crippen LogP contribution in [0.2, 0.25) is 0 Å². The van der Waals surface area contributed by atoms with E-state index in [1.54, 1.807) is 7.11 Å². The minimum absolute atomic E-state index is 0.0309. The topological polar surface area (TPSA) is 38.8 Å². The lowest BCUT2D eigenvalue weighted by Gasteiger charge is -2.32. The maximum atomic E-state index is 11.9. The molecule has 1 aromatic rings. The van der Waals surface area contributed by atoms with E-state index in [0.717, 1.165) is 57.5 Å². The summed E-state index contributed by atoms with van der Waals surface area (Å²) in [6.45, 7) is 5.55. The van der Waals surface area contributed by atoms with Gasteiger partial charge in [0, 0.05) is 0 Å². The summed E-state index contributed by atoms with van der Waals surface area (Å²) in [6, 6.07) is 8.53. The Kier molecular flexibility index (Phi) is 9.03. The van der Waals surface area contributed by atoms with Gasteiger partial charge in [-0.3, -0.25) is 4.79 Å². The molecule has 0 radical (unpaired) electrons. The zero-order chi connectivity index (χ0) is 18.8. The molecule has 1 aromatic carbocycles. The van der Waals surface area contributed by atoms with E-state index < -0.39 is 0 Å². The third-order valence-electron chi connectivity index (χ3n) is 5.64. The van der Waals surface area contributed by atoms with Crippen molar-refractivity contribution in [3.05, 3.63) is 29.8 Å². The van der Waals surface area contributed by atoms with Gasteiger partial charge in [-0.25, -0.2) is 0 Å². The number of nitrogens with zero attached hydrogens (tertiary/aromatic N) is 1. The van der Waals surface area contributed by atoms with Gasteiger partial charge in [-0.15, -0.1) is 0 Å². The summed E-state index contributed by atoms with van der Waals surface area (Å²) in [4.78, 5) is 14.5. The van der Waals surface area contributed by atoms with Crippen molar-refractivity contribution in [3.8, 4) is 5.75 Å². The average molecular weight is 359 g/mol. The minimum atomic E-state index is -0.0309. The van der Waals surface area contributed by atoms with E-state index in [1.165, 1.54) is 26.5 Å². The summed E-state index contributed by atoms with van der Waals surface area (Å²) < 4.78 is 10.2. The molecule has 0 bridgehead atoms. The smallest absolute Gasteiger partial charge is 0.325 e. The van der Waals surface area contributed by atoms with Crippen LogP contribution in [-0.4, -0.2) is 45.7 Å². The van der Waals surface area contributed by atoms with Crippen LogP contribution in [0.4, 0.5) is 0 Å². The van der Waals surface area contributed by atoms with Crippen LogP contribution in [-0.2, 0) is 9.45 Å². The summed E-state index contributed by atoms with van der Waals surface area (Å²) in [5.74, 6) is 1.63. The molecule has 1 saturated heterocycles. The van der Waals surface area contributed by atoms with E-state index in [9.17, 15) is 4.79 Å². The molecular formula is C21H34BNO3. The lowest BCUT2D eigenvalue weighted by Crippen LogP contribution is -2.34. The molecule has 0 aliphatic carbocycles. The Labute approximate surface area is 159 Å². The summed E-state index contributed by atoms with van der Waals surface area (Å²) >= 11 is 0. The Balaban J connectivity index is 1.71. The number of rotatable bonds is 10. The van der Waals surface area contributed by atoms with Crippen LogP contribution >= 0.6 is 0 Å². The molecule has 26 heavy (non-hydrogen) atoms. The standard InChI is InChI=1S/C21H34BNO3/c1-3-4-6-19(21(24)26-22)7-5-14-23-15-12-18(13-16-23)17-8-10-20(25-2)11-9-17/h8-11,18-19H,3-7,12-16,22H2,1-2H3. The van der Waals surface area contributed by atoms with Crippen molar-refractivity contribution in [2.24, 2.45) is 5.92 Å². The number of piperidine rings is 1. The normalized spacial score (nSPS) is 17.0. The van der Waals surface area contributed by atoms with Gasteiger partial charge in [-0.1, -0.05) is 31.9 Å². The van der Waals surface area contributed by atoms with E-state index in [2.05, 4.69) is 36.1 Å². The van der Waals surface area contributed by atoms with Crippen LogP contribution in [0, 0.1) is 5.92 Å². The van der Waals surface area contributed by atoms with Crippen molar-refractivity contribution in [3.63, 3.8) is 0 Å². The molecule has 0 aromatic heterocycles. The molecule has 0 N–H and O–H groups in total. The fraction of sp³-hybridized carbons (Fsp3) is 0.667. The number of benzene rings is 1. The molecule has 4 nitrogen and oxygen atoms in total. The van der Waals surface area contributed by atoms with Gasteiger partial charge in [0.25, 0.3) is 5.97 Å². The highest BCUT2D eigenvalue weighted by Crippen LogP contribution is 2.29. The number of unbranched alkanes of at least 4 members (excludes halogenated alkanes) is 1. The van der Waals surface area contributed by atoms with Crippen LogP contribution < -0.4 is 4.74 Å². The van der Waals surface area contributed by atoms with Crippen molar-refractivity contribution in [1.29, 1.82) is 0 Å². The van der Waals surface area contributed by atoms with E-state index in [1.807, 2.05) is 0 Å². The SMILES string of the molecule is BOC(=O)C(CCCC)CCCN1CCC(c2ccc(OC)cc2)CC1. The highest BCUT2D eigenvalue weighted by Gasteiger charge is 2.22. The van der Waals surface area contributed by atoms with Crippen molar-refractivity contribution >= 4 is 14.0 Å². The lowest BCUT2D eigenvalue weighted by atomic mass is 9.89. The molecule has 1 fully saturated rings. The van der Waals surface area contributed by atoms with Gasteiger partial charge in [-0.05, 0) is 75.4 Å². The van der Waals surface area contributed by atoms with Crippen molar-refractivity contribution in [1.82, 2.24) is 4.90 Å². The van der Waals surface area contributed by atoms with E-state index >= 15 is 0 Å². The average Bonchev–Trinajstić information content (AvgIpc) is 2.70. The quantitative estimate of drug-likeness (QED) is 0.599. The molecule has 0 saturated carbocycles. The Morgan fingerprint density at radius 1 is 1.19 bits per heavy atom. The summed E-state index contributed by atoms with van der Waals surface area (Å²) in [7, 11) is 3.21. The van der Waals surface area contributed by atoms with E-state index in [-0.39, 0.29) is 11.9 Å². The molecule has 0 amide bonds. The largest absolute Gasteiger partial charge is 0.543 e. The third-order valence-corrected chi connectivity index (χ3v) is 5.64. The molecule has 1 aliphatic heterocycles. The molecule has 1 aliphatic rings. The van der Waals surface area contributed by atoms with Gasteiger partial charge < -0.3 is 14.3 Å². The third kappa shape index (κ3) is 6.35. The lowest BCUT2D eigenvalue weighted by molar-refractivity contribution is -0.139. The highest BCUT2D eigenvalue weighted by atomic mass is 16.5. The van der Waals surface area contributed by atoms with Crippen LogP contribution in [0.3, 0.4) is 0 Å². The van der Waals surface area contributed by atoms with E-state index in [4.69, 9.17) is 9.39 Å². The zero-order valence-electron chi connectivity index (χ0n) is 16.7. The maximum Gasteiger partial charge on any atom is 0.325 e. The van der Waals surface area contributed by atoms with Gasteiger partial charge >= 0.3 is 8.05 Å². The highest BCUT2D eigenvalue weighted by molar-refractivity contribution is 6.05. The molecule has 2 rings (SSSR count). The summed E-state index contributed by atoms with van der Waals surface area (Å²) in [6.07, 6.45) is 7.65. The molecule has 1 unspecified atom stereocenters. The second kappa shape index (κ2) is 11.3. The van der Waals surface area contributed by atoms with Crippen molar-refractivity contribution < 1.29 is 14.2 Å². The number of likely N-dealkylation sites (tertiary alicyclic amines) is 1. The number of methoxy groups -OCH3 is 1. The van der Waals surface area contributed by atoms with Gasteiger partial charge in [0.15, 0.2) is 0 Å². The van der Waals surface area contributed by atoms with Gasteiger partial charge in [-0.2, -0.15) is 0 Å². The zero-order valence-corrected chi connectivity index (χ0v) is 16.7. The fourth-order valence-corrected chi connectivity index (χ4v) is 3.92. The predicted octanol–water partition coefficient (Wildman–Crippen LogP) is 3.55. The Hall–Kier alpha value is -1.49. The molecular weight excluding hydrogens is 325 g/mol. The Bertz CT molecular complexity index is 527. The predicted molar refractivity (Wildman–Crippen MR) is 108 cm³/mol. The summed E-state index contributed by atoms with van der Waals surface area (Å²) in [5, 5.41) is 0. The fourth-order valence-electron chi connectivity index (χ4n) is 3.92. The Morgan fingerprint density at radius 3 is 2.42 bits per heavy atom. The number of hydrogen-bond acceptors (Lipinski definition) is 4. The first-order chi connectivity index (χ1) is 12.7. The van der Waals surface area contributed by atoms with E-state index in [0.29, 0.717) is 5.92 Å². The monoisotopic (exact) mass is 359 g/mol. The first kappa shape index (κ1) is 20.8. The number of carbonyl (C=O) groups is 1. The van der Waals surface area contributed by atoms with Crippen LogP contribution in [0.15, 0.2) is 24.3 Å². The molecule has 1 atom stereocenters. The second-order valence-corrected chi connectivity index (χ2v) is 7.39. The minimum Gasteiger partial charge on any atom is -0.543 e. The van der Waals surface area contributed by atoms with Crippen LogP contribution in [0.25, 0.3) is 0 Å². The number of hydrogen-bond donors (Lipinski definition) is 0. The van der Waals surface area contributed by atoms with Gasteiger partial charge in [0.1, 0.15) is 5.75 Å².